The van der Waals surface area contributed by atoms with Gasteiger partial charge in [-0.25, -0.2) is 9.80 Å². The van der Waals surface area contributed by atoms with Crippen LogP contribution in [0.15, 0.2) is 148 Å². The third-order valence-corrected chi connectivity index (χ3v) is 12.2. The summed E-state index contributed by atoms with van der Waals surface area (Å²) in [4.78, 5) is 59.8. The lowest BCUT2D eigenvalue weighted by atomic mass is 9.82. The van der Waals surface area contributed by atoms with Gasteiger partial charge < -0.3 is 9.47 Å². The number of benzene rings is 7. The molecule has 8 nitrogen and oxygen atoms in total. The van der Waals surface area contributed by atoms with E-state index >= 15 is 0 Å². The summed E-state index contributed by atoms with van der Waals surface area (Å²) in [6, 6.07) is 28.9. The van der Waals surface area contributed by atoms with Gasteiger partial charge in [-0.2, -0.15) is 0 Å². The highest BCUT2D eigenvalue weighted by Crippen LogP contribution is 2.47. The zero-order chi connectivity index (χ0) is 43.1. The smallest absolute Gasteiger partial charge is 0.265 e. The fourth-order valence-corrected chi connectivity index (χ4v) is 9.21. The van der Waals surface area contributed by atoms with Crippen LogP contribution in [0.4, 0.5) is 11.4 Å². The van der Waals surface area contributed by atoms with Crippen LogP contribution in [-0.4, -0.2) is 35.8 Å². The summed E-state index contributed by atoms with van der Waals surface area (Å²) in [7, 11) is 0. The highest BCUT2D eigenvalue weighted by atomic mass is 16.5. The van der Waals surface area contributed by atoms with Crippen LogP contribution in [0, 0.1) is 0 Å². The van der Waals surface area contributed by atoms with Gasteiger partial charge >= 0.3 is 0 Å². The molecule has 0 fully saturated rings. The van der Waals surface area contributed by atoms with Crippen molar-refractivity contribution in [3.05, 3.63) is 170 Å². The lowest BCUT2D eigenvalue weighted by Gasteiger charge is -2.30. The molecule has 308 valence electrons. The average Bonchev–Trinajstić information content (AvgIpc) is 3.29. The standard InChI is InChI=1S/C54H46N2O6/c1-5-9-13-35(14-10-6-2)61-37-21-17-33(18-22-37)55-51(57)43-29-25-39-41-27-31-45-50-46(32-28-42(48(41)50)40-26-30-44(52(55)58)49(43)47(39)40)54(60)56(53(45)59)34-19-23-38(24-20-34)62-36(15-11-7-3)16-12-8-4/h5-8,17-32,35-36H,1-4,9-16H2. The molecule has 0 atom stereocenters. The number of imide groups is 2. The van der Waals surface area contributed by atoms with E-state index in [0.29, 0.717) is 55.9 Å². The first-order chi connectivity index (χ1) is 30.3. The molecule has 7 aromatic carbocycles. The topological polar surface area (TPSA) is 93.2 Å². The molecule has 0 spiro atoms. The second-order valence-corrected chi connectivity index (χ2v) is 16.0. The summed E-state index contributed by atoms with van der Waals surface area (Å²) in [5.74, 6) is -0.353. The first kappa shape index (κ1) is 40.1. The number of rotatable bonds is 18. The van der Waals surface area contributed by atoms with Crippen molar-refractivity contribution in [3.8, 4) is 11.5 Å². The monoisotopic (exact) mass is 818 g/mol. The molecular formula is C54H46N2O6. The Bertz CT molecular complexity index is 2640. The Morgan fingerprint density at radius 2 is 0.661 bits per heavy atom. The maximum absolute atomic E-state index is 14.3. The normalized spacial score (nSPS) is 13.6. The predicted molar refractivity (Wildman–Crippen MR) is 249 cm³/mol. The number of fused-ring (bicyclic) bond motifs is 2. The van der Waals surface area contributed by atoms with E-state index < -0.39 is 23.6 Å². The molecule has 9 rings (SSSR count). The number of amides is 4. The Balaban J connectivity index is 1.05. The van der Waals surface area contributed by atoms with Gasteiger partial charge in [-0.15, -0.1) is 26.3 Å². The number of carbonyl (C=O) groups is 4. The molecule has 0 saturated carbocycles. The SMILES string of the molecule is C=CCCC(CCC=C)Oc1ccc(N2C(=O)c3ccc4c5ccc6c7c(ccc(c8ccc(c3c48)C2=O)c75)C(=O)N(c2ccc(OC(CCC=C)CCC=C)cc2)C6=O)cc1. The van der Waals surface area contributed by atoms with Crippen molar-refractivity contribution >= 4 is 78.1 Å². The third kappa shape index (κ3) is 6.72. The van der Waals surface area contributed by atoms with Crippen molar-refractivity contribution in [1.82, 2.24) is 0 Å². The molecule has 2 heterocycles. The fraction of sp³-hybridized carbons (Fsp3) is 0.185. The van der Waals surface area contributed by atoms with Gasteiger partial charge in [0.1, 0.15) is 11.5 Å². The third-order valence-electron chi connectivity index (χ3n) is 12.2. The van der Waals surface area contributed by atoms with Gasteiger partial charge in [-0.1, -0.05) is 48.6 Å². The predicted octanol–water partition coefficient (Wildman–Crippen LogP) is 12.7. The van der Waals surface area contributed by atoms with Crippen LogP contribution >= 0.6 is 0 Å². The number of hydrogen-bond donors (Lipinski definition) is 0. The number of ether oxygens (including phenoxy) is 2. The zero-order valence-corrected chi connectivity index (χ0v) is 34.5. The van der Waals surface area contributed by atoms with Gasteiger partial charge in [-0.3, -0.25) is 19.2 Å². The molecule has 0 radical (unpaired) electrons. The molecular weight excluding hydrogens is 773 g/mol. The molecule has 0 aromatic heterocycles. The van der Waals surface area contributed by atoms with E-state index in [1.54, 1.807) is 72.8 Å². The Morgan fingerprint density at radius 3 is 0.919 bits per heavy atom. The molecule has 0 saturated heterocycles. The van der Waals surface area contributed by atoms with Crippen LogP contribution in [-0.2, 0) is 0 Å². The Labute approximate surface area is 360 Å². The summed E-state index contributed by atoms with van der Waals surface area (Å²) in [6.45, 7) is 15.3. The van der Waals surface area contributed by atoms with E-state index in [9.17, 15) is 19.2 Å². The van der Waals surface area contributed by atoms with Crippen LogP contribution in [0.3, 0.4) is 0 Å². The summed E-state index contributed by atoms with van der Waals surface area (Å²) in [5.41, 5.74) is 2.58. The number of nitrogens with zero attached hydrogens (tertiary/aromatic N) is 2. The minimum absolute atomic E-state index is 0.0165. The second-order valence-electron chi connectivity index (χ2n) is 16.0. The van der Waals surface area contributed by atoms with Crippen molar-refractivity contribution in [1.29, 1.82) is 0 Å². The van der Waals surface area contributed by atoms with Crippen LogP contribution in [0.5, 0.6) is 11.5 Å². The first-order valence-electron chi connectivity index (χ1n) is 21.2. The van der Waals surface area contributed by atoms with E-state index in [1.165, 1.54) is 9.80 Å². The summed E-state index contributed by atoms with van der Waals surface area (Å²) >= 11 is 0. The van der Waals surface area contributed by atoms with Crippen LogP contribution in [0.2, 0.25) is 0 Å². The van der Waals surface area contributed by atoms with Crippen molar-refractivity contribution in [2.75, 3.05) is 9.80 Å². The minimum atomic E-state index is -0.415. The Kier molecular flexibility index (Phi) is 10.7. The molecule has 7 aromatic rings. The molecule has 0 N–H and O–H groups in total. The Hall–Kier alpha value is -7.32. The van der Waals surface area contributed by atoms with Gasteiger partial charge in [0.15, 0.2) is 0 Å². The summed E-state index contributed by atoms with van der Waals surface area (Å²) in [5, 5.41) is 6.07. The highest BCUT2D eigenvalue weighted by molar-refractivity contribution is 6.45. The maximum Gasteiger partial charge on any atom is 0.265 e. The number of anilines is 2. The second kappa shape index (κ2) is 16.6. The quantitative estimate of drug-likeness (QED) is 0.0370. The molecule has 0 bridgehead atoms. The molecule has 8 heteroatoms. The van der Waals surface area contributed by atoms with E-state index in [0.717, 1.165) is 83.7 Å². The van der Waals surface area contributed by atoms with Gasteiger partial charge in [-0.05, 0) is 156 Å². The van der Waals surface area contributed by atoms with Gasteiger partial charge in [0, 0.05) is 33.0 Å². The van der Waals surface area contributed by atoms with E-state index in [1.807, 2.05) is 48.6 Å². The van der Waals surface area contributed by atoms with Gasteiger partial charge in [0.25, 0.3) is 23.6 Å². The number of carbonyl (C=O) groups excluding carboxylic acids is 4. The largest absolute Gasteiger partial charge is 0.490 e. The molecule has 0 unspecified atom stereocenters. The van der Waals surface area contributed by atoms with E-state index in [2.05, 4.69) is 26.3 Å². The van der Waals surface area contributed by atoms with Crippen molar-refractivity contribution in [2.24, 2.45) is 0 Å². The molecule has 0 aliphatic carbocycles. The van der Waals surface area contributed by atoms with Crippen LogP contribution < -0.4 is 19.3 Å². The average molecular weight is 819 g/mol. The minimum Gasteiger partial charge on any atom is -0.490 e. The van der Waals surface area contributed by atoms with Crippen molar-refractivity contribution < 1.29 is 28.7 Å². The van der Waals surface area contributed by atoms with E-state index in [4.69, 9.17) is 9.47 Å². The lowest BCUT2D eigenvalue weighted by molar-refractivity contribution is 0.0877. The fourth-order valence-electron chi connectivity index (χ4n) is 9.21. The molecule has 4 amide bonds. The highest BCUT2D eigenvalue weighted by Gasteiger charge is 2.38. The van der Waals surface area contributed by atoms with Crippen LogP contribution in [0.25, 0.3) is 43.1 Å². The van der Waals surface area contributed by atoms with Gasteiger partial charge in [0.2, 0.25) is 0 Å². The summed E-state index contributed by atoms with van der Waals surface area (Å²) < 4.78 is 12.6. The zero-order valence-electron chi connectivity index (χ0n) is 34.5. The van der Waals surface area contributed by atoms with E-state index in [-0.39, 0.29) is 12.2 Å². The molecule has 2 aliphatic heterocycles. The Morgan fingerprint density at radius 1 is 0.387 bits per heavy atom. The number of hydrogen-bond acceptors (Lipinski definition) is 6. The van der Waals surface area contributed by atoms with Crippen molar-refractivity contribution in [3.63, 3.8) is 0 Å². The maximum atomic E-state index is 14.3. The molecule has 2 aliphatic rings. The van der Waals surface area contributed by atoms with Crippen LogP contribution in [0.1, 0.15) is 92.8 Å². The molecule has 62 heavy (non-hydrogen) atoms. The summed E-state index contributed by atoms with van der Waals surface area (Å²) in [6.07, 6.45) is 14.1. The van der Waals surface area contributed by atoms with Crippen molar-refractivity contribution in [2.45, 2.75) is 63.6 Å². The first-order valence-corrected chi connectivity index (χ1v) is 21.2. The lowest BCUT2D eigenvalue weighted by Crippen LogP contribution is -2.40. The van der Waals surface area contributed by atoms with Gasteiger partial charge in [0.05, 0.1) is 23.6 Å². The number of allylic oxidation sites excluding steroid dienone is 4.